The number of nitrogens with zero attached hydrogens (tertiary/aromatic N) is 2. The molecule has 2 heterocycles. The predicted molar refractivity (Wildman–Crippen MR) is 80.7 cm³/mol. The molecule has 0 saturated carbocycles. The van der Waals surface area contributed by atoms with E-state index in [1.807, 2.05) is 4.90 Å². The molecule has 0 radical (unpaired) electrons. The minimum absolute atomic E-state index is 0.0376. The first-order chi connectivity index (χ1) is 9.97. The molecule has 6 nitrogen and oxygen atoms in total. The second-order valence-corrected chi connectivity index (χ2v) is 6.53. The summed E-state index contributed by atoms with van der Waals surface area (Å²) in [6, 6.07) is 0.233. The molecule has 0 bridgehead atoms. The Morgan fingerprint density at radius 1 is 1.52 bits per heavy atom. The zero-order chi connectivity index (χ0) is 15.4. The lowest BCUT2D eigenvalue weighted by Crippen LogP contribution is -2.49. The van der Waals surface area contributed by atoms with Crippen LogP contribution in [0.3, 0.4) is 0 Å². The molecule has 0 aliphatic carbocycles. The molecule has 1 aliphatic heterocycles. The highest BCUT2D eigenvalue weighted by atomic mass is 32.1. The molecule has 116 valence electrons. The van der Waals surface area contributed by atoms with Crippen LogP contribution in [0.2, 0.25) is 0 Å². The van der Waals surface area contributed by atoms with Crippen molar-refractivity contribution in [2.45, 2.75) is 39.2 Å². The van der Waals surface area contributed by atoms with Crippen LogP contribution in [-0.2, 0) is 6.42 Å². The van der Waals surface area contributed by atoms with Crippen molar-refractivity contribution >= 4 is 23.3 Å². The second kappa shape index (κ2) is 6.89. The van der Waals surface area contributed by atoms with Gasteiger partial charge in [-0.25, -0.2) is 14.6 Å². The van der Waals surface area contributed by atoms with E-state index in [4.69, 9.17) is 5.11 Å². The van der Waals surface area contributed by atoms with Crippen LogP contribution in [0.4, 0.5) is 4.79 Å². The van der Waals surface area contributed by atoms with Crippen LogP contribution in [0, 0.1) is 5.92 Å². The van der Waals surface area contributed by atoms with Gasteiger partial charge >= 0.3 is 12.0 Å². The van der Waals surface area contributed by atoms with Crippen molar-refractivity contribution in [3.05, 3.63) is 16.1 Å². The Labute approximate surface area is 128 Å². The molecule has 2 rings (SSSR count). The number of thiazole rings is 1. The van der Waals surface area contributed by atoms with Gasteiger partial charge in [0.15, 0.2) is 5.69 Å². The van der Waals surface area contributed by atoms with Crippen molar-refractivity contribution in [2.24, 2.45) is 5.92 Å². The van der Waals surface area contributed by atoms with Gasteiger partial charge in [-0.2, -0.15) is 0 Å². The highest BCUT2D eigenvalue weighted by Crippen LogP contribution is 2.21. The summed E-state index contributed by atoms with van der Waals surface area (Å²) >= 11 is 1.31. The molecule has 2 unspecified atom stereocenters. The Kier molecular flexibility index (Phi) is 5.17. The fourth-order valence-corrected chi connectivity index (χ4v) is 3.38. The van der Waals surface area contributed by atoms with E-state index < -0.39 is 5.97 Å². The summed E-state index contributed by atoms with van der Waals surface area (Å²) in [7, 11) is 0. The number of rotatable bonds is 4. The van der Waals surface area contributed by atoms with Crippen LogP contribution in [-0.4, -0.2) is 46.1 Å². The number of aromatic nitrogens is 1. The fraction of sp³-hybridized carbons (Fsp3) is 0.643. The smallest absolute Gasteiger partial charge is 0.355 e. The molecule has 1 aromatic rings. The van der Waals surface area contributed by atoms with Crippen LogP contribution in [0.25, 0.3) is 0 Å². The third kappa shape index (κ3) is 4.17. The minimum atomic E-state index is -1.02. The maximum atomic E-state index is 12.1. The molecule has 7 heteroatoms. The number of amides is 2. The average molecular weight is 311 g/mol. The topological polar surface area (TPSA) is 82.5 Å². The van der Waals surface area contributed by atoms with Gasteiger partial charge in [0.1, 0.15) is 0 Å². The molecular weight excluding hydrogens is 290 g/mol. The van der Waals surface area contributed by atoms with Crippen molar-refractivity contribution in [1.29, 1.82) is 0 Å². The van der Waals surface area contributed by atoms with E-state index in [0.717, 1.165) is 24.4 Å². The first-order valence-corrected chi connectivity index (χ1v) is 8.07. The molecule has 2 N–H and O–H groups in total. The number of hydrogen-bond donors (Lipinski definition) is 2. The number of likely N-dealkylation sites (tertiary alicyclic amines) is 1. The molecule has 1 aliphatic rings. The first kappa shape index (κ1) is 15.8. The van der Waals surface area contributed by atoms with Crippen LogP contribution < -0.4 is 5.32 Å². The van der Waals surface area contributed by atoms with Crippen LogP contribution >= 0.6 is 11.3 Å². The van der Waals surface area contributed by atoms with Gasteiger partial charge in [0.25, 0.3) is 0 Å². The highest BCUT2D eigenvalue weighted by Gasteiger charge is 2.26. The van der Waals surface area contributed by atoms with Gasteiger partial charge in [-0.05, 0) is 25.7 Å². The van der Waals surface area contributed by atoms with Gasteiger partial charge in [-0.3, -0.25) is 0 Å². The maximum Gasteiger partial charge on any atom is 0.355 e. The van der Waals surface area contributed by atoms with E-state index >= 15 is 0 Å². The number of carbonyl (C=O) groups is 2. The van der Waals surface area contributed by atoms with E-state index in [1.54, 1.807) is 0 Å². The van der Waals surface area contributed by atoms with E-state index in [-0.39, 0.29) is 17.8 Å². The van der Waals surface area contributed by atoms with Gasteiger partial charge < -0.3 is 15.3 Å². The summed E-state index contributed by atoms with van der Waals surface area (Å²) in [4.78, 5) is 28.7. The maximum absolute atomic E-state index is 12.1. The SMILES string of the molecule is CC1CCN(C(=O)NCCc2nc(C(=O)O)cs2)C(C)C1. The zero-order valence-electron chi connectivity index (χ0n) is 12.3. The number of nitrogens with one attached hydrogen (secondary N) is 1. The largest absolute Gasteiger partial charge is 0.476 e. The number of aromatic carboxylic acids is 1. The van der Waals surface area contributed by atoms with Gasteiger partial charge in [-0.1, -0.05) is 6.92 Å². The molecule has 2 atom stereocenters. The third-order valence-corrected chi connectivity index (χ3v) is 4.69. The third-order valence-electron chi connectivity index (χ3n) is 3.79. The fourth-order valence-electron chi connectivity index (χ4n) is 2.61. The summed E-state index contributed by atoms with van der Waals surface area (Å²) in [6.07, 6.45) is 2.65. The molecule has 1 aromatic heterocycles. The first-order valence-electron chi connectivity index (χ1n) is 7.19. The quantitative estimate of drug-likeness (QED) is 0.893. The molecule has 0 aromatic carbocycles. The monoisotopic (exact) mass is 311 g/mol. The summed E-state index contributed by atoms with van der Waals surface area (Å²) in [5.41, 5.74) is 0.0694. The number of carbonyl (C=O) groups excluding carboxylic acids is 1. The Balaban J connectivity index is 1.77. The molecule has 1 saturated heterocycles. The van der Waals surface area contributed by atoms with Crippen LogP contribution in [0.1, 0.15) is 42.2 Å². The molecule has 1 fully saturated rings. The lowest BCUT2D eigenvalue weighted by atomic mass is 9.94. The van der Waals surface area contributed by atoms with E-state index in [9.17, 15) is 9.59 Å². The summed E-state index contributed by atoms with van der Waals surface area (Å²) in [5.74, 6) is -0.341. The number of urea groups is 1. The van der Waals surface area contributed by atoms with Crippen LogP contribution in [0.15, 0.2) is 5.38 Å². The molecule has 21 heavy (non-hydrogen) atoms. The lowest BCUT2D eigenvalue weighted by molar-refractivity contribution is 0.0691. The zero-order valence-corrected chi connectivity index (χ0v) is 13.2. The van der Waals surface area contributed by atoms with Crippen LogP contribution in [0.5, 0.6) is 0 Å². The molecular formula is C14H21N3O3S. The standard InChI is InChI=1S/C14H21N3O3S/c1-9-4-6-17(10(2)7-9)14(20)15-5-3-12-16-11(8-21-12)13(18)19/h8-10H,3-7H2,1-2H3,(H,15,20)(H,18,19). The van der Waals surface area contributed by atoms with Gasteiger partial charge in [0, 0.05) is 30.9 Å². The molecule has 2 amide bonds. The lowest BCUT2D eigenvalue weighted by Gasteiger charge is -2.36. The number of hydrogen-bond acceptors (Lipinski definition) is 4. The predicted octanol–water partition coefficient (Wildman–Crippen LogP) is 2.21. The van der Waals surface area contributed by atoms with Crippen molar-refractivity contribution < 1.29 is 14.7 Å². The minimum Gasteiger partial charge on any atom is -0.476 e. The normalized spacial score (nSPS) is 22.1. The molecule has 0 spiro atoms. The van der Waals surface area contributed by atoms with Crippen molar-refractivity contribution in [3.63, 3.8) is 0 Å². The summed E-state index contributed by atoms with van der Waals surface area (Å²) < 4.78 is 0. The number of carboxylic acids is 1. The number of piperidine rings is 1. The Hall–Kier alpha value is -1.63. The summed E-state index contributed by atoms with van der Waals surface area (Å²) in [5, 5.41) is 13.9. The van der Waals surface area contributed by atoms with Gasteiger partial charge in [0.05, 0.1) is 5.01 Å². The Morgan fingerprint density at radius 2 is 2.29 bits per heavy atom. The van der Waals surface area contributed by atoms with Gasteiger partial charge in [-0.15, -0.1) is 11.3 Å². The van der Waals surface area contributed by atoms with E-state index in [0.29, 0.717) is 18.9 Å². The summed E-state index contributed by atoms with van der Waals surface area (Å²) in [6.45, 7) is 5.57. The number of carboxylic acid groups (broad SMARTS) is 1. The van der Waals surface area contributed by atoms with Crippen molar-refractivity contribution in [3.8, 4) is 0 Å². The second-order valence-electron chi connectivity index (χ2n) is 5.59. The van der Waals surface area contributed by atoms with Crippen molar-refractivity contribution in [1.82, 2.24) is 15.2 Å². The Bertz CT molecular complexity index is 517. The highest BCUT2D eigenvalue weighted by molar-refractivity contribution is 7.09. The average Bonchev–Trinajstić information content (AvgIpc) is 2.87. The Morgan fingerprint density at radius 3 is 2.90 bits per heavy atom. The van der Waals surface area contributed by atoms with E-state index in [1.165, 1.54) is 16.7 Å². The van der Waals surface area contributed by atoms with E-state index in [2.05, 4.69) is 24.1 Å². The van der Waals surface area contributed by atoms with Gasteiger partial charge in [0.2, 0.25) is 0 Å². The van der Waals surface area contributed by atoms with Crippen molar-refractivity contribution in [2.75, 3.05) is 13.1 Å².